The van der Waals surface area contributed by atoms with Gasteiger partial charge in [-0.15, -0.1) is 0 Å². The Kier molecular flexibility index (Phi) is 5.96. The van der Waals surface area contributed by atoms with Gasteiger partial charge in [0.15, 0.2) is 12.3 Å². The first-order valence-electron chi connectivity index (χ1n) is 11.8. The summed E-state index contributed by atoms with van der Waals surface area (Å²) in [7, 11) is 5.04. The first kappa shape index (κ1) is 22.9. The molecule has 2 aliphatic heterocycles. The quantitative estimate of drug-likeness (QED) is 0.644. The molecular formula is C25H29N5O5. The van der Waals surface area contributed by atoms with Gasteiger partial charge in [-0.2, -0.15) is 0 Å². The van der Waals surface area contributed by atoms with Gasteiger partial charge in [0.2, 0.25) is 5.88 Å². The standard InChI is InChI=1S/C25H29N5O5/c1-28(2)25(33)22-27-23(31)18-12-16(6-8-19(18)29(22)3)30-11-10-20(24(30)32)35-17-7-9-21(26-13-17)34-14-15-4-5-15/h6-9,12-13,15,20,22H,4-5,10-11,14H2,1-3H3,(H,27,31)/t20-,22?/m1/s1. The fraction of sp³-hybridized carbons (Fsp3) is 0.440. The molecule has 0 spiro atoms. The van der Waals surface area contributed by atoms with Crippen LogP contribution in [-0.4, -0.2) is 74.2 Å². The van der Waals surface area contributed by atoms with Gasteiger partial charge < -0.3 is 29.5 Å². The van der Waals surface area contributed by atoms with Crippen LogP contribution < -0.4 is 24.6 Å². The van der Waals surface area contributed by atoms with Crippen molar-refractivity contribution in [2.75, 3.05) is 44.1 Å². The third kappa shape index (κ3) is 4.60. The molecular weight excluding hydrogens is 450 g/mol. The second kappa shape index (κ2) is 9.09. The van der Waals surface area contributed by atoms with E-state index in [9.17, 15) is 14.4 Å². The van der Waals surface area contributed by atoms with Gasteiger partial charge in [0.05, 0.1) is 24.1 Å². The number of rotatable bonds is 7. The van der Waals surface area contributed by atoms with Crippen LogP contribution in [0.4, 0.5) is 11.4 Å². The van der Waals surface area contributed by atoms with Gasteiger partial charge in [0.25, 0.3) is 17.7 Å². The summed E-state index contributed by atoms with van der Waals surface area (Å²) in [5.74, 6) is 0.954. The number of carbonyl (C=O) groups is 3. The highest BCUT2D eigenvalue weighted by molar-refractivity contribution is 6.07. The molecule has 3 amide bonds. The van der Waals surface area contributed by atoms with Crippen LogP contribution in [0.5, 0.6) is 11.6 Å². The second-order valence-corrected chi connectivity index (χ2v) is 9.39. The van der Waals surface area contributed by atoms with Crippen molar-refractivity contribution in [3.63, 3.8) is 0 Å². The number of benzene rings is 1. The Hall–Kier alpha value is -3.82. The number of hydrogen-bond acceptors (Lipinski definition) is 7. The summed E-state index contributed by atoms with van der Waals surface area (Å²) in [4.78, 5) is 47.4. The Labute approximate surface area is 203 Å². The number of fused-ring (bicyclic) bond motifs is 1. The van der Waals surface area contributed by atoms with Gasteiger partial charge in [-0.05, 0) is 43.0 Å². The van der Waals surface area contributed by atoms with Crippen LogP contribution in [0.3, 0.4) is 0 Å². The van der Waals surface area contributed by atoms with Gasteiger partial charge in [-0.25, -0.2) is 4.98 Å². The maximum atomic E-state index is 13.1. The Bertz CT molecular complexity index is 1150. The first-order chi connectivity index (χ1) is 16.8. The normalized spacial score (nSPS) is 21.5. The van der Waals surface area contributed by atoms with E-state index in [1.165, 1.54) is 17.7 Å². The van der Waals surface area contributed by atoms with Crippen molar-refractivity contribution in [3.05, 3.63) is 42.1 Å². The van der Waals surface area contributed by atoms with Gasteiger partial charge >= 0.3 is 0 Å². The van der Waals surface area contributed by atoms with Crippen LogP contribution in [-0.2, 0) is 9.59 Å². The van der Waals surface area contributed by atoms with Crippen molar-refractivity contribution < 1.29 is 23.9 Å². The lowest BCUT2D eigenvalue weighted by molar-refractivity contribution is -0.130. The highest BCUT2D eigenvalue weighted by Gasteiger charge is 2.37. The molecule has 1 unspecified atom stereocenters. The third-order valence-corrected chi connectivity index (χ3v) is 6.55. The van der Waals surface area contributed by atoms with Gasteiger partial charge in [0.1, 0.15) is 5.75 Å². The zero-order valence-electron chi connectivity index (χ0n) is 20.1. The average molecular weight is 480 g/mol. The number of ether oxygens (including phenoxy) is 2. The predicted octanol–water partition coefficient (Wildman–Crippen LogP) is 1.65. The number of likely N-dealkylation sites (N-methyl/N-ethyl adjacent to an activating group) is 2. The van der Waals surface area contributed by atoms with E-state index in [2.05, 4.69) is 10.3 Å². The molecule has 1 aliphatic carbocycles. The number of pyridine rings is 1. The molecule has 3 aliphatic rings. The molecule has 2 aromatic rings. The van der Waals surface area contributed by atoms with E-state index in [0.29, 0.717) is 54.1 Å². The van der Waals surface area contributed by atoms with Crippen molar-refractivity contribution in [3.8, 4) is 11.6 Å². The summed E-state index contributed by atoms with van der Waals surface area (Å²) in [5.41, 5.74) is 1.66. The smallest absolute Gasteiger partial charge is 0.268 e. The van der Waals surface area contributed by atoms with Crippen molar-refractivity contribution in [2.24, 2.45) is 5.92 Å². The van der Waals surface area contributed by atoms with Crippen LogP contribution in [0.1, 0.15) is 29.6 Å². The van der Waals surface area contributed by atoms with E-state index in [1.54, 1.807) is 67.5 Å². The Morgan fingerprint density at radius 1 is 1.17 bits per heavy atom. The highest BCUT2D eigenvalue weighted by atomic mass is 16.5. The second-order valence-electron chi connectivity index (χ2n) is 9.39. The number of hydrogen-bond donors (Lipinski definition) is 1. The summed E-state index contributed by atoms with van der Waals surface area (Å²) in [6.07, 6.45) is 3.10. The fourth-order valence-corrected chi connectivity index (χ4v) is 4.28. The van der Waals surface area contributed by atoms with Crippen LogP contribution >= 0.6 is 0 Å². The molecule has 5 rings (SSSR count). The highest BCUT2D eigenvalue weighted by Crippen LogP contribution is 2.33. The minimum absolute atomic E-state index is 0.177. The summed E-state index contributed by atoms with van der Waals surface area (Å²) in [5, 5.41) is 2.75. The monoisotopic (exact) mass is 479 g/mol. The Morgan fingerprint density at radius 3 is 2.66 bits per heavy atom. The lowest BCUT2D eigenvalue weighted by atomic mass is 10.1. The zero-order chi connectivity index (χ0) is 24.7. The predicted molar refractivity (Wildman–Crippen MR) is 129 cm³/mol. The molecule has 0 radical (unpaired) electrons. The molecule has 2 atom stereocenters. The van der Waals surface area contributed by atoms with Crippen LogP contribution in [0.2, 0.25) is 0 Å². The summed E-state index contributed by atoms with van der Waals surface area (Å²) in [6.45, 7) is 1.15. The Morgan fingerprint density at radius 2 is 1.97 bits per heavy atom. The zero-order valence-corrected chi connectivity index (χ0v) is 20.1. The van der Waals surface area contributed by atoms with Gasteiger partial charge in [-0.1, -0.05) is 0 Å². The molecule has 2 fully saturated rings. The molecule has 184 valence electrons. The lowest BCUT2D eigenvalue weighted by Gasteiger charge is -2.36. The molecule has 3 heterocycles. The maximum Gasteiger partial charge on any atom is 0.268 e. The van der Waals surface area contributed by atoms with Crippen LogP contribution in [0, 0.1) is 5.92 Å². The van der Waals surface area contributed by atoms with Gasteiger partial charge in [0, 0.05) is 45.9 Å². The molecule has 1 aromatic carbocycles. The van der Waals surface area contributed by atoms with Crippen molar-refractivity contribution in [2.45, 2.75) is 31.5 Å². The molecule has 1 aromatic heterocycles. The fourth-order valence-electron chi connectivity index (χ4n) is 4.28. The lowest BCUT2D eigenvalue weighted by Crippen LogP contribution is -2.58. The van der Waals surface area contributed by atoms with Crippen LogP contribution in [0.15, 0.2) is 36.5 Å². The van der Waals surface area contributed by atoms with E-state index in [4.69, 9.17) is 9.47 Å². The number of aromatic nitrogens is 1. The molecule has 1 N–H and O–H groups in total. The van der Waals surface area contributed by atoms with Crippen LogP contribution in [0.25, 0.3) is 0 Å². The van der Waals surface area contributed by atoms with Crippen molar-refractivity contribution >= 4 is 29.1 Å². The molecule has 0 bridgehead atoms. The number of carbonyl (C=O) groups excluding carboxylic acids is 3. The molecule has 1 saturated heterocycles. The molecule has 1 saturated carbocycles. The maximum absolute atomic E-state index is 13.1. The Balaban J connectivity index is 1.26. The number of nitrogens with one attached hydrogen (secondary N) is 1. The average Bonchev–Trinajstić information content (AvgIpc) is 3.62. The van der Waals surface area contributed by atoms with Gasteiger partial charge in [-0.3, -0.25) is 14.4 Å². The summed E-state index contributed by atoms with van der Waals surface area (Å²) < 4.78 is 11.6. The topological polar surface area (TPSA) is 104 Å². The SMILES string of the molecule is CN(C)C(=O)C1NC(=O)c2cc(N3CC[C@@H](Oc4ccc(OCC5CC5)nc4)C3=O)ccc2N1C. The minimum Gasteiger partial charge on any atom is -0.479 e. The molecule has 10 nitrogen and oxygen atoms in total. The summed E-state index contributed by atoms with van der Waals surface area (Å²) >= 11 is 0. The van der Waals surface area contributed by atoms with E-state index in [-0.39, 0.29) is 17.7 Å². The molecule has 10 heteroatoms. The van der Waals surface area contributed by atoms with E-state index in [1.807, 2.05) is 0 Å². The minimum atomic E-state index is -0.777. The number of nitrogens with zero attached hydrogens (tertiary/aromatic N) is 4. The third-order valence-electron chi connectivity index (χ3n) is 6.55. The van der Waals surface area contributed by atoms with E-state index < -0.39 is 12.3 Å². The van der Waals surface area contributed by atoms with Crippen molar-refractivity contribution in [1.29, 1.82) is 0 Å². The van der Waals surface area contributed by atoms with E-state index >= 15 is 0 Å². The number of anilines is 2. The van der Waals surface area contributed by atoms with Crippen molar-refractivity contribution in [1.82, 2.24) is 15.2 Å². The summed E-state index contributed by atoms with van der Waals surface area (Å²) in [6, 6.07) is 8.76. The molecule has 35 heavy (non-hydrogen) atoms. The number of amides is 3. The largest absolute Gasteiger partial charge is 0.479 e. The van der Waals surface area contributed by atoms with E-state index in [0.717, 1.165) is 0 Å². The first-order valence-corrected chi connectivity index (χ1v) is 11.8.